The summed E-state index contributed by atoms with van der Waals surface area (Å²) in [6, 6.07) is 22.7. The highest BCUT2D eigenvalue weighted by molar-refractivity contribution is 7.99. The lowest BCUT2D eigenvalue weighted by Crippen LogP contribution is -1.98. The van der Waals surface area contributed by atoms with E-state index < -0.39 is 0 Å². The minimum atomic E-state index is 0.749. The standard InChI is InChI=1S/C27H19N5S2/c1-17-14-25(33-16-17)26-20-4-2-3-5-21(20)27(32-31-26)30-18-6-8-19(9-7-18)34-24-11-13-29-23-10-12-28-15-22(23)24/h2-16H,1H3,(H,30,32). The normalized spacial score (nSPS) is 11.2. The van der Waals surface area contributed by atoms with Crippen LogP contribution in [0, 0.1) is 6.92 Å². The molecular weight excluding hydrogens is 458 g/mol. The summed E-state index contributed by atoms with van der Waals surface area (Å²) in [6.45, 7) is 2.10. The lowest BCUT2D eigenvalue weighted by atomic mass is 10.1. The Bertz CT molecular complexity index is 1620. The van der Waals surface area contributed by atoms with Gasteiger partial charge in [-0.1, -0.05) is 36.0 Å². The zero-order valence-corrected chi connectivity index (χ0v) is 19.9. The summed E-state index contributed by atoms with van der Waals surface area (Å²) in [5.74, 6) is 0.749. The number of nitrogens with one attached hydrogen (secondary N) is 1. The Labute approximate surface area is 204 Å². The molecule has 4 aromatic heterocycles. The number of fused-ring (bicyclic) bond motifs is 2. The fourth-order valence-electron chi connectivity index (χ4n) is 3.86. The van der Waals surface area contributed by atoms with Gasteiger partial charge >= 0.3 is 0 Å². The molecule has 7 heteroatoms. The molecule has 0 bridgehead atoms. The van der Waals surface area contributed by atoms with Crippen molar-refractivity contribution in [2.24, 2.45) is 0 Å². The number of pyridine rings is 2. The van der Waals surface area contributed by atoms with Crippen LogP contribution in [-0.2, 0) is 0 Å². The van der Waals surface area contributed by atoms with Crippen molar-refractivity contribution in [3.8, 4) is 10.6 Å². The molecule has 164 valence electrons. The molecule has 6 aromatic rings. The molecule has 4 heterocycles. The van der Waals surface area contributed by atoms with Crippen molar-refractivity contribution in [1.82, 2.24) is 20.2 Å². The van der Waals surface area contributed by atoms with Crippen molar-refractivity contribution in [3.63, 3.8) is 0 Å². The van der Waals surface area contributed by atoms with Crippen LogP contribution in [0.25, 0.3) is 32.2 Å². The van der Waals surface area contributed by atoms with E-state index in [1.807, 2.05) is 36.7 Å². The SMILES string of the molecule is Cc1csc(-c2nnc(Nc3ccc(Sc4ccnc5ccncc45)cc3)c3ccccc23)c1. The van der Waals surface area contributed by atoms with Crippen molar-refractivity contribution in [2.75, 3.05) is 5.32 Å². The van der Waals surface area contributed by atoms with Crippen LogP contribution in [0.3, 0.4) is 0 Å². The number of aryl methyl sites for hydroxylation is 1. The molecule has 0 aliphatic heterocycles. The van der Waals surface area contributed by atoms with E-state index in [9.17, 15) is 0 Å². The highest BCUT2D eigenvalue weighted by atomic mass is 32.2. The van der Waals surface area contributed by atoms with Crippen molar-refractivity contribution < 1.29 is 0 Å². The first-order valence-corrected chi connectivity index (χ1v) is 12.5. The third-order valence-electron chi connectivity index (χ3n) is 5.50. The molecule has 34 heavy (non-hydrogen) atoms. The average Bonchev–Trinajstić information content (AvgIpc) is 3.31. The maximum absolute atomic E-state index is 4.57. The average molecular weight is 478 g/mol. The Hall–Kier alpha value is -3.81. The van der Waals surface area contributed by atoms with Crippen molar-refractivity contribution in [1.29, 1.82) is 0 Å². The molecule has 0 atom stereocenters. The number of aromatic nitrogens is 4. The molecule has 0 saturated heterocycles. The number of hydrogen-bond acceptors (Lipinski definition) is 7. The first kappa shape index (κ1) is 20.8. The van der Waals surface area contributed by atoms with Crippen LogP contribution in [0.2, 0.25) is 0 Å². The summed E-state index contributed by atoms with van der Waals surface area (Å²) in [6.07, 6.45) is 5.47. The van der Waals surface area contributed by atoms with E-state index in [0.29, 0.717) is 0 Å². The van der Waals surface area contributed by atoms with Crippen LogP contribution in [0.1, 0.15) is 5.56 Å². The fourth-order valence-corrected chi connectivity index (χ4v) is 5.68. The number of nitrogens with zero attached hydrogens (tertiary/aromatic N) is 4. The summed E-state index contributed by atoms with van der Waals surface area (Å²) in [5, 5.41) is 17.9. The zero-order chi connectivity index (χ0) is 22.9. The minimum absolute atomic E-state index is 0.749. The van der Waals surface area contributed by atoms with E-state index in [2.05, 4.69) is 80.3 Å². The third kappa shape index (κ3) is 4.00. The van der Waals surface area contributed by atoms with Crippen LogP contribution < -0.4 is 5.32 Å². The van der Waals surface area contributed by atoms with Crippen LogP contribution in [0.5, 0.6) is 0 Å². The second kappa shape index (κ2) is 8.85. The molecule has 0 aliphatic carbocycles. The molecule has 2 aromatic carbocycles. The van der Waals surface area contributed by atoms with Crippen LogP contribution in [0.15, 0.2) is 100 Å². The van der Waals surface area contributed by atoms with Gasteiger partial charge < -0.3 is 5.32 Å². The molecule has 0 aliphatic rings. The molecule has 0 unspecified atom stereocenters. The molecule has 0 radical (unpaired) electrons. The lowest BCUT2D eigenvalue weighted by Gasteiger charge is -2.11. The van der Waals surface area contributed by atoms with Crippen molar-refractivity contribution in [3.05, 3.63) is 96.3 Å². The molecule has 6 rings (SSSR count). The molecular formula is C27H19N5S2. The third-order valence-corrected chi connectivity index (χ3v) is 7.64. The Morgan fingerprint density at radius 1 is 0.853 bits per heavy atom. The van der Waals surface area contributed by atoms with Gasteiger partial charge in [0.25, 0.3) is 0 Å². The topological polar surface area (TPSA) is 63.6 Å². The van der Waals surface area contributed by atoms with Crippen molar-refractivity contribution in [2.45, 2.75) is 16.7 Å². The lowest BCUT2D eigenvalue weighted by molar-refractivity contribution is 1.06. The van der Waals surface area contributed by atoms with Gasteiger partial charge in [-0.3, -0.25) is 9.97 Å². The molecule has 5 nitrogen and oxygen atoms in total. The smallest absolute Gasteiger partial charge is 0.161 e. The Balaban J connectivity index is 1.28. The predicted molar refractivity (Wildman–Crippen MR) is 141 cm³/mol. The van der Waals surface area contributed by atoms with E-state index in [1.165, 1.54) is 5.56 Å². The number of thiophene rings is 1. The quantitative estimate of drug-likeness (QED) is 0.277. The Morgan fingerprint density at radius 2 is 1.71 bits per heavy atom. The molecule has 1 N–H and O–H groups in total. The van der Waals surface area contributed by atoms with E-state index in [4.69, 9.17) is 0 Å². The first-order valence-electron chi connectivity index (χ1n) is 10.8. The molecule has 0 saturated carbocycles. The van der Waals surface area contributed by atoms with Gasteiger partial charge in [0.05, 0.1) is 10.4 Å². The summed E-state index contributed by atoms with van der Waals surface area (Å²) >= 11 is 3.40. The summed E-state index contributed by atoms with van der Waals surface area (Å²) in [4.78, 5) is 12.1. The van der Waals surface area contributed by atoms with E-state index in [0.717, 1.165) is 53.5 Å². The zero-order valence-electron chi connectivity index (χ0n) is 18.3. The number of hydrogen-bond donors (Lipinski definition) is 1. The van der Waals surface area contributed by atoms with Gasteiger partial charge in [-0.05, 0) is 60.3 Å². The minimum Gasteiger partial charge on any atom is -0.338 e. The van der Waals surface area contributed by atoms with Gasteiger partial charge in [0.2, 0.25) is 0 Å². The number of benzene rings is 2. The maximum Gasteiger partial charge on any atom is 0.161 e. The van der Waals surface area contributed by atoms with Gasteiger partial charge in [0.15, 0.2) is 5.82 Å². The highest BCUT2D eigenvalue weighted by Crippen LogP contribution is 2.35. The van der Waals surface area contributed by atoms with Gasteiger partial charge in [-0.15, -0.1) is 21.5 Å². The highest BCUT2D eigenvalue weighted by Gasteiger charge is 2.12. The number of anilines is 2. The van der Waals surface area contributed by atoms with Gasteiger partial charge in [0.1, 0.15) is 5.69 Å². The predicted octanol–water partition coefficient (Wildman–Crippen LogP) is 7.50. The number of rotatable bonds is 5. The van der Waals surface area contributed by atoms with Crippen LogP contribution in [-0.4, -0.2) is 20.2 Å². The molecule has 0 amide bonds. The summed E-state index contributed by atoms with van der Waals surface area (Å²) in [7, 11) is 0. The largest absolute Gasteiger partial charge is 0.338 e. The van der Waals surface area contributed by atoms with Crippen LogP contribution in [0.4, 0.5) is 11.5 Å². The van der Waals surface area contributed by atoms with E-state index in [-0.39, 0.29) is 0 Å². The molecule has 0 fully saturated rings. The van der Waals surface area contributed by atoms with E-state index in [1.54, 1.807) is 29.3 Å². The van der Waals surface area contributed by atoms with Gasteiger partial charge in [-0.2, -0.15) is 0 Å². The maximum atomic E-state index is 4.57. The van der Waals surface area contributed by atoms with Gasteiger partial charge in [0, 0.05) is 50.2 Å². The Morgan fingerprint density at radius 3 is 2.53 bits per heavy atom. The first-order chi connectivity index (χ1) is 16.7. The molecule has 0 spiro atoms. The van der Waals surface area contributed by atoms with Crippen molar-refractivity contribution >= 4 is 56.3 Å². The second-order valence-electron chi connectivity index (χ2n) is 7.88. The van der Waals surface area contributed by atoms with Crippen LogP contribution >= 0.6 is 23.1 Å². The van der Waals surface area contributed by atoms with E-state index >= 15 is 0 Å². The fraction of sp³-hybridized carbons (Fsp3) is 0.0370. The van der Waals surface area contributed by atoms with Gasteiger partial charge in [-0.25, -0.2) is 0 Å². The monoisotopic (exact) mass is 477 g/mol. The Kier molecular flexibility index (Phi) is 5.41. The summed E-state index contributed by atoms with van der Waals surface area (Å²) in [5.41, 5.74) is 4.07. The summed E-state index contributed by atoms with van der Waals surface area (Å²) < 4.78 is 0. The second-order valence-corrected chi connectivity index (χ2v) is 9.91.